The number of carbonyl (C=O) groups is 1. The lowest BCUT2D eigenvalue weighted by Gasteiger charge is -2.11. The molecule has 0 fully saturated rings. The highest BCUT2D eigenvalue weighted by Crippen LogP contribution is 2.27. The minimum atomic E-state index is -0.129. The molecule has 0 aliphatic carbocycles. The predicted octanol–water partition coefficient (Wildman–Crippen LogP) is 5.32. The normalized spacial score (nSPS) is 12.2. The second-order valence-electron chi connectivity index (χ2n) is 4.88. The fraction of sp³-hybridized carbons (Fsp3) is 0.235. The topological polar surface area (TPSA) is 17.1 Å². The molecule has 0 aromatic heterocycles. The highest BCUT2D eigenvalue weighted by molar-refractivity contribution is 8.00. The van der Waals surface area contributed by atoms with Crippen molar-refractivity contribution in [3.8, 4) is 0 Å². The quantitative estimate of drug-likeness (QED) is 0.561. The van der Waals surface area contributed by atoms with Crippen LogP contribution in [0.4, 0.5) is 0 Å². The average Bonchev–Trinajstić information content (AvgIpc) is 2.42. The van der Waals surface area contributed by atoms with Crippen molar-refractivity contribution >= 4 is 29.1 Å². The summed E-state index contributed by atoms with van der Waals surface area (Å²) in [7, 11) is 0. The van der Waals surface area contributed by atoms with E-state index in [4.69, 9.17) is 11.6 Å². The van der Waals surface area contributed by atoms with E-state index in [1.165, 1.54) is 11.1 Å². The number of rotatable bonds is 4. The molecule has 0 aliphatic rings. The van der Waals surface area contributed by atoms with Crippen LogP contribution in [0, 0.1) is 13.8 Å². The molecule has 0 spiro atoms. The predicted molar refractivity (Wildman–Crippen MR) is 87.0 cm³/mol. The summed E-state index contributed by atoms with van der Waals surface area (Å²) in [5, 5.41) is 0.467. The first-order valence-corrected chi connectivity index (χ1v) is 7.77. The summed E-state index contributed by atoms with van der Waals surface area (Å²) in [6, 6.07) is 13.4. The molecule has 3 heteroatoms. The van der Waals surface area contributed by atoms with Crippen LogP contribution in [-0.4, -0.2) is 11.0 Å². The van der Waals surface area contributed by atoms with Crippen LogP contribution >= 0.6 is 23.4 Å². The van der Waals surface area contributed by atoms with Gasteiger partial charge in [0.25, 0.3) is 0 Å². The average molecular weight is 305 g/mol. The molecule has 1 atom stereocenters. The van der Waals surface area contributed by atoms with Crippen molar-refractivity contribution in [2.45, 2.75) is 30.9 Å². The Bertz CT molecular complexity index is 637. The zero-order valence-corrected chi connectivity index (χ0v) is 13.4. The van der Waals surface area contributed by atoms with Gasteiger partial charge in [-0.2, -0.15) is 0 Å². The molecule has 1 nitrogen and oxygen atoms in total. The number of aryl methyl sites for hydroxylation is 2. The van der Waals surface area contributed by atoms with Gasteiger partial charge in [0.05, 0.1) is 5.25 Å². The number of hydrogen-bond donors (Lipinski definition) is 0. The lowest BCUT2D eigenvalue weighted by atomic mass is 10.1. The fourth-order valence-corrected chi connectivity index (χ4v) is 3.15. The van der Waals surface area contributed by atoms with E-state index in [0.717, 1.165) is 4.90 Å². The van der Waals surface area contributed by atoms with E-state index < -0.39 is 0 Å². The van der Waals surface area contributed by atoms with Gasteiger partial charge in [0.1, 0.15) is 0 Å². The SMILES string of the molecule is Cc1ccc(SC(C)C(=O)c2cccc(Cl)c2)cc1C. The molecule has 104 valence electrons. The molecular weight excluding hydrogens is 288 g/mol. The third-order valence-corrected chi connectivity index (χ3v) is 4.60. The Kier molecular flexibility index (Phi) is 4.90. The number of carbonyl (C=O) groups excluding carboxylic acids is 1. The zero-order chi connectivity index (χ0) is 14.7. The Hall–Kier alpha value is -1.25. The first-order chi connectivity index (χ1) is 9.47. The summed E-state index contributed by atoms with van der Waals surface area (Å²) in [5.41, 5.74) is 3.18. The summed E-state index contributed by atoms with van der Waals surface area (Å²) in [4.78, 5) is 13.5. The van der Waals surface area contributed by atoms with Crippen molar-refractivity contribution in [2.75, 3.05) is 0 Å². The van der Waals surface area contributed by atoms with E-state index in [1.54, 1.807) is 23.9 Å². The minimum Gasteiger partial charge on any atom is -0.293 e. The molecule has 0 bridgehead atoms. The van der Waals surface area contributed by atoms with Gasteiger partial charge < -0.3 is 0 Å². The summed E-state index contributed by atoms with van der Waals surface area (Å²) >= 11 is 7.52. The lowest BCUT2D eigenvalue weighted by Crippen LogP contribution is -2.13. The summed E-state index contributed by atoms with van der Waals surface area (Å²) in [6.45, 7) is 6.11. The van der Waals surface area contributed by atoms with Gasteiger partial charge >= 0.3 is 0 Å². The van der Waals surface area contributed by atoms with E-state index in [-0.39, 0.29) is 11.0 Å². The Morgan fingerprint density at radius 2 is 1.85 bits per heavy atom. The molecule has 0 aliphatic heterocycles. The molecule has 0 heterocycles. The van der Waals surface area contributed by atoms with Gasteiger partial charge in [-0.1, -0.05) is 29.8 Å². The summed E-state index contributed by atoms with van der Waals surface area (Å²) in [5.74, 6) is 0.107. The number of benzene rings is 2. The van der Waals surface area contributed by atoms with E-state index in [9.17, 15) is 4.79 Å². The molecule has 0 saturated carbocycles. The molecule has 2 aromatic rings. The van der Waals surface area contributed by atoms with E-state index in [2.05, 4.69) is 32.0 Å². The molecule has 0 amide bonds. The van der Waals surface area contributed by atoms with Crippen molar-refractivity contribution < 1.29 is 4.79 Å². The third-order valence-electron chi connectivity index (χ3n) is 3.27. The van der Waals surface area contributed by atoms with Crippen LogP contribution in [0.15, 0.2) is 47.4 Å². The Labute approximate surface area is 129 Å². The van der Waals surface area contributed by atoms with Crippen LogP contribution in [-0.2, 0) is 0 Å². The van der Waals surface area contributed by atoms with Crippen molar-refractivity contribution in [1.82, 2.24) is 0 Å². The van der Waals surface area contributed by atoms with Crippen LogP contribution in [0.5, 0.6) is 0 Å². The molecule has 20 heavy (non-hydrogen) atoms. The molecule has 2 aromatic carbocycles. The number of Topliss-reactive ketones (excluding diaryl/α,β-unsaturated/α-hetero) is 1. The second-order valence-corrected chi connectivity index (χ2v) is 6.73. The maximum absolute atomic E-state index is 12.4. The van der Waals surface area contributed by atoms with E-state index in [1.807, 2.05) is 19.1 Å². The minimum absolute atomic E-state index is 0.107. The molecular formula is C17H17ClOS. The van der Waals surface area contributed by atoms with Crippen molar-refractivity contribution in [3.63, 3.8) is 0 Å². The second kappa shape index (κ2) is 6.47. The third kappa shape index (κ3) is 3.65. The highest BCUT2D eigenvalue weighted by atomic mass is 35.5. The van der Waals surface area contributed by atoms with Gasteiger partial charge in [0.15, 0.2) is 5.78 Å². The van der Waals surface area contributed by atoms with E-state index >= 15 is 0 Å². The largest absolute Gasteiger partial charge is 0.293 e. The smallest absolute Gasteiger partial charge is 0.175 e. The van der Waals surface area contributed by atoms with Gasteiger partial charge in [-0.15, -0.1) is 11.8 Å². The Balaban J connectivity index is 2.13. The first kappa shape index (κ1) is 15.1. The van der Waals surface area contributed by atoms with Crippen molar-refractivity contribution in [1.29, 1.82) is 0 Å². The van der Waals surface area contributed by atoms with Crippen LogP contribution < -0.4 is 0 Å². The maximum Gasteiger partial charge on any atom is 0.175 e. The van der Waals surface area contributed by atoms with Crippen LogP contribution in [0.25, 0.3) is 0 Å². The van der Waals surface area contributed by atoms with Crippen molar-refractivity contribution in [2.24, 2.45) is 0 Å². The molecule has 1 unspecified atom stereocenters. The standard InChI is InChI=1S/C17H17ClOS/c1-11-7-8-16(9-12(11)2)20-13(3)17(19)14-5-4-6-15(18)10-14/h4-10,13H,1-3H3. The Morgan fingerprint density at radius 3 is 2.50 bits per heavy atom. The van der Waals surface area contributed by atoms with Crippen molar-refractivity contribution in [3.05, 3.63) is 64.2 Å². The maximum atomic E-state index is 12.4. The van der Waals surface area contributed by atoms with Gasteiger partial charge in [-0.3, -0.25) is 4.79 Å². The summed E-state index contributed by atoms with van der Waals surface area (Å²) in [6.07, 6.45) is 0. The number of thioether (sulfide) groups is 1. The van der Waals surface area contributed by atoms with Gasteiger partial charge in [-0.25, -0.2) is 0 Å². The molecule has 0 saturated heterocycles. The van der Waals surface area contributed by atoms with Gasteiger partial charge in [0.2, 0.25) is 0 Å². The Morgan fingerprint density at radius 1 is 1.10 bits per heavy atom. The first-order valence-electron chi connectivity index (χ1n) is 6.51. The van der Waals surface area contributed by atoms with Gasteiger partial charge in [0, 0.05) is 15.5 Å². The monoisotopic (exact) mass is 304 g/mol. The fourth-order valence-electron chi connectivity index (χ4n) is 1.92. The molecule has 0 N–H and O–H groups in total. The summed E-state index contributed by atoms with van der Waals surface area (Å²) < 4.78 is 0. The van der Waals surface area contributed by atoms with Crippen LogP contribution in [0.3, 0.4) is 0 Å². The molecule has 0 radical (unpaired) electrons. The lowest BCUT2D eigenvalue weighted by molar-refractivity contribution is 0.0994. The number of hydrogen-bond acceptors (Lipinski definition) is 2. The van der Waals surface area contributed by atoms with Crippen LogP contribution in [0.1, 0.15) is 28.4 Å². The zero-order valence-electron chi connectivity index (χ0n) is 11.8. The highest BCUT2D eigenvalue weighted by Gasteiger charge is 2.16. The van der Waals surface area contributed by atoms with Gasteiger partial charge in [-0.05, 0) is 56.2 Å². The number of ketones is 1. The molecule has 2 rings (SSSR count). The van der Waals surface area contributed by atoms with E-state index in [0.29, 0.717) is 10.6 Å². The van der Waals surface area contributed by atoms with Crippen LogP contribution in [0.2, 0.25) is 5.02 Å². The number of halogens is 1.